The second kappa shape index (κ2) is 4.56. The van der Waals surface area contributed by atoms with Crippen molar-refractivity contribution < 1.29 is 9.90 Å². The van der Waals surface area contributed by atoms with Crippen LogP contribution in [0.2, 0.25) is 0 Å². The van der Waals surface area contributed by atoms with Crippen molar-refractivity contribution in [2.75, 3.05) is 0 Å². The summed E-state index contributed by atoms with van der Waals surface area (Å²) in [6.07, 6.45) is 3.79. The molecule has 0 spiro atoms. The summed E-state index contributed by atoms with van der Waals surface area (Å²) in [4.78, 5) is 10.6. The van der Waals surface area contributed by atoms with E-state index in [9.17, 15) is 9.90 Å². The van der Waals surface area contributed by atoms with E-state index in [0.717, 1.165) is 19.3 Å². The van der Waals surface area contributed by atoms with E-state index >= 15 is 0 Å². The van der Waals surface area contributed by atoms with Gasteiger partial charge in [0.05, 0.1) is 11.5 Å². The van der Waals surface area contributed by atoms with Crippen molar-refractivity contribution in [3.05, 3.63) is 0 Å². The van der Waals surface area contributed by atoms with Crippen LogP contribution >= 0.6 is 0 Å². The average Bonchev–Trinajstić information content (AvgIpc) is 2.27. The molecule has 0 aromatic rings. The van der Waals surface area contributed by atoms with Crippen LogP contribution in [0.5, 0.6) is 0 Å². The highest BCUT2D eigenvalue weighted by molar-refractivity contribution is 5.58. The van der Waals surface area contributed by atoms with Crippen molar-refractivity contribution in [3.8, 4) is 6.07 Å². The number of hydrogen-bond donors (Lipinski definition) is 1. The molecule has 3 nitrogen and oxygen atoms in total. The molecule has 0 heterocycles. The molecule has 1 rings (SSSR count). The number of nitriles is 1. The van der Waals surface area contributed by atoms with E-state index in [4.69, 9.17) is 5.26 Å². The second-order valence-electron chi connectivity index (χ2n) is 4.22. The Bertz CT molecular complexity index is 246. The van der Waals surface area contributed by atoms with Gasteiger partial charge in [-0.1, -0.05) is 26.2 Å². The van der Waals surface area contributed by atoms with E-state index < -0.39 is 11.5 Å². The third kappa shape index (κ3) is 1.96. The van der Waals surface area contributed by atoms with E-state index in [-0.39, 0.29) is 0 Å². The largest absolute Gasteiger partial charge is 0.384 e. The number of nitrogens with zero attached hydrogens (tertiary/aromatic N) is 1. The van der Waals surface area contributed by atoms with Crippen LogP contribution in [-0.2, 0) is 4.79 Å². The number of aldehydes is 1. The van der Waals surface area contributed by atoms with Gasteiger partial charge in [-0.2, -0.15) is 5.26 Å². The van der Waals surface area contributed by atoms with Gasteiger partial charge in [0, 0.05) is 0 Å². The van der Waals surface area contributed by atoms with Crippen LogP contribution in [-0.4, -0.2) is 17.5 Å². The maximum atomic E-state index is 10.6. The van der Waals surface area contributed by atoms with Crippen LogP contribution in [0.3, 0.4) is 0 Å². The molecule has 0 aromatic heterocycles. The van der Waals surface area contributed by atoms with E-state index in [1.807, 2.05) is 0 Å². The Morgan fingerprint density at radius 1 is 1.79 bits per heavy atom. The Balaban J connectivity index is 2.79. The van der Waals surface area contributed by atoms with Gasteiger partial charge >= 0.3 is 0 Å². The third-order valence-corrected chi connectivity index (χ3v) is 3.38. The molecule has 3 heteroatoms. The molecule has 1 saturated carbocycles. The highest BCUT2D eigenvalue weighted by atomic mass is 16.3. The zero-order valence-corrected chi connectivity index (χ0v) is 8.57. The van der Waals surface area contributed by atoms with Crippen LogP contribution in [0, 0.1) is 22.7 Å². The summed E-state index contributed by atoms with van der Waals surface area (Å²) < 4.78 is 0. The fourth-order valence-corrected chi connectivity index (χ4v) is 2.34. The van der Waals surface area contributed by atoms with Crippen LogP contribution in [0.15, 0.2) is 0 Å². The first kappa shape index (κ1) is 11.2. The Labute approximate surface area is 84.7 Å². The summed E-state index contributed by atoms with van der Waals surface area (Å²) in [5.74, 6) is 0.484. The van der Waals surface area contributed by atoms with Crippen LogP contribution in [0.1, 0.15) is 39.0 Å². The predicted octanol–water partition coefficient (Wildman–Crippen LogP) is 1.66. The quantitative estimate of drug-likeness (QED) is 0.696. The molecule has 1 N–H and O–H groups in total. The van der Waals surface area contributed by atoms with Crippen LogP contribution in [0.4, 0.5) is 0 Å². The van der Waals surface area contributed by atoms with Gasteiger partial charge in [0.25, 0.3) is 0 Å². The first-order valence-corrected chi connectivity index (χ1v) is 5.23. The van der Waals surface area contributed by atoms with Gasteiger partial charge in [0.1, 0.15) is 12.4 Å². The third-order valence-electron chi connectivity index (χ3n) is 3.38. The van der Waals surface area contributed by atoms with Gasteiger partial charge in [-0.15, -0.1) is 0 Å². The van der Waals surface area contributed by atoms with E-state index in [2.05, 4.69) is 13.0 Å². The van der Waals surface area contributed by atoms with E-state index in [1.54, 1.807) is 0 Å². The summed E-state index contributed by atoms with van der Waals surface area (Å²) in [5, 5.41) is 18.6. The van der Waals surface area contributed by atoms with Gasteiger partial charge in [-0.05, 0) is 18.8 Å². The van der Waals surface area contributed by atoms with Crippen LogP contribution in [0.25, 0.3) is 0 Å². The fraction of sp³-hybridized carbons (Fsp3) is 0.818. The lowest BCUT2D eigenvalue weighted by Gasteiger charge is -2.36. The van der Waals surface area contributed by atoms with Crippen molar-refractivity contribution in [1.82, 2.24) is 0 Å². The Hall–Kier alpha value is -0.880. The summed E-state index contributed by atoms with van der Waals surface area (Å²) >= 11 is 0. The van der Waals surface area contributed by atoms with Gasteiger partial charge in [-0.3, -0.25) is 0 Å². The van der Waals surface area contributed by atoms with Crippen molar-refractivity contribution in [2.45, 2.75) is 45.1 Å². The number of carbonyl (C=O) groups excluding carboxylic acids is 1. The fourth-order valence-electron chi connectivity index (χ4n) is 2.34. The van der Waals surface area contributed by atoms with Crippen molar-refractivity contribution >= 4 is 6.29 Å². The Morgan fingerprint density at radius 2 is 2.50 bits per heavy atom. The van der Waals surface area contributed by atoms with Gasteiger partial charge in [-0.25, -0.2) is 0 Å². The van der Waals surface area contributed by atoms with Crippen molar-refractivity contribution in [1.29, 1.82) is 5.26 Å². The molecular weight excluding hydrogens is 178 g/mol. The van der Waals surface area contributed by atoms with Gasteiger partial charge in [0.2, 0.25) is 0 Å². The SMILES string of the molecule is CCC1CCCC(C#N)(C(O)C=O)C1. The standard InChI is InChI=1S/C11H17NO2/c1-2-9-4-3-5-11(6-9,8-12)10(14)7-13/h7,9-10,14H,2-6H2,1H3. The number of aliphatic hydroxyl groups is 1. The predicted molar refractivity (Wildman–Crippen MR) is 52.4 cm³/mol. The van der Waals surface area contributed by atoms with Crippen molar-refractivity contribution in [3.63, 3.8) is 0 Å². The number of carbonyl (C=O) groups is 1. The zero-order valence-electron chi connectivity index (χ0n) is 8.57. The molecule has 0 amide bonds. The zero-order chi connectivity index (χ0) is 10.6. The minimum absolute atomic E-state index is 0.484. The highest BCUT2D eigenvalue weighted by Gasteiger charge is 2.42. The molecule has 0 aliphatic heterocycles. The molecule has 1 fully saturated rings. The second-order valence-corrected chi connectivity index (χ2v) is 4.22. The van der Waals surface area contributed by atoms with Gasteiger partial charge < -0.3 is 9.90 Å². The molecule has 0 radical (unpaired) electrons. The molecular formula is C11H17NO2. The summed E-state index contributed by atoms with van der Waals surface area (Å²) in [6.45, 7) is 2.09. The number of hydrogen-bond acceptors (Lipinski definition) is 3. The van der Waals surface area contributed by atoms with E-state index in [0.29, 0.717) is 25.0 Å². The van der Waals surface area contributed by atoms with E-state index in [1.165, 1.54) is 0 Å². The first-order valence-electron chi connectivity index (χ1n) is 5.23. The van der Waals surface area contributed by atoms with Gasteiger partial charge in [0.15, 0.2) is 0 Å². The molecule has 0 aromatic carbocycles. The normalized spacial score (nSPS) is 34.5. The maximum Gasteiger partial charge on any atom is 0.150 e. The highest BCUT2D eigenvalue weighted by Crippen LogP contribution is 2.42. The molecule has 1 aliphatic carbocycles. The molecule has 14 heavy (non-hydrogen) atoms. The topological polar surface area (TPSA) is 61.1 Å². The first-order chi connectivity index (χ1) is 6.68. The lowest BCUT2D eigenvalue weighted by Crippen LogP contribution is -2.39. The summed E-state index contributed by atoms with van der Waals surface area (Å²) in [7, 11) is 0. The van der Waals surface area contributed by atoms with Crippen LogP contribution < -0.4 is 0 Å². The molecule has 0 saturated heterocycles. The molecule has 78 valence electrons. The number of aliphatic hydroxyl groups excluding tert-OH is 1. The summed E-state index contributed by atoms with van der Waals surface area (Å²) in [6, 6.07) is 2.15. The molecule has 0 bridgehead atoms. The minimum Gasteiger partial charge on any atom is -0.384 e. The smallest absolute Gasteiger partial charge is 0.150 e. The molecule has 3 atom stereocenters. The maximum absolute atomic E-state index is 10.6. The lowest BCUT2D eigenvalue weighted by atomic mass is 9.67. The Morgan fingerprint density at radius 3 is 3.00 bits per heavy atom. The van der Waals surface area contributed by atoms with Crippen molar-refractivity contribution in [2.24, 2.45) is 11.3 Å². The average molecular weight is 195 g/mol. The monoisotopic (exact) mass is 195 g/mol. The minimum atomic E-state index is -1.11. The molecule has 1 aliphatic rings. The lowest BCUT2D eigenvalue weighted by molar-refractivity contribution is -0.121. The summed E-state index contributed by atoms with van der Waals surface area (Å²) in [5.41, 5.74) is -0.805. The number of rotatable bonds is 3. The molecule has 3 unspecified atom stereocenters. The Kier molecular flexibility index (Phi) is 3.65.